The number of carbonyl (C=O) groups excluding carboxylic acids is 1. The lowest BCUT2D eigenvalue weighted by Gasteiger charge is -2.32. The van der Waals surface area contributed by atoms with Gasteiger partial charge in [-0.05, 0) is 44.7 Å². The summed E-state index contributed by atoms with van der Waals surface area (Å²) in [7, 11) is 0. The van der Waals surface area contributed by atoms with Crippen molar-refractivity contribution in [2.75, 3.05) is 26.2 Å². The minimum atomic E-state index is 0.0193. The molecular formula is C13H22N2O2. The van der Waals surface area contributed by atoms with E-state index in [0.29, 0.717) is 12.6 Å². The molecule has 4 nitrogen and oxygen atoms in total. The Bertz CT molecular complexity index is 285. The van der Waals surface area contributed by atoms with E-state index in [2.05, 4.69) is 10.2 Å². The van der Waals surface area contributed by atoms with E-state index in [1.54, 1.807) is 0 Å². The highest BCUT2D eigenvalue weighted by Gasteiger charge is 2.41. The number of cyclic esters (lactones) is 1. The summed E-state index contributed by atoms with van der Waals surface area (Å²) in [5.41, 5.74) is 0. The van der Waals surface area contributed by atoms with Crippen LogP contribution in [0.1, 0.15) is 32.1 Å². The standard InChI is InChI=1S/C13H22N2O2/c16-13-12(5-8-17-13)15(11-1-2-11)9-10-3-6-14-7-4-10/h10-12,14H,1-9H2. The number of esters is 1. The average Bonchev–Trinajstić information content (AvgIpc) is 3.11. The summed E-state index contributed by atoms with van der Waals surface area (Å²) in [6.45, 7) is 4.00. The Labute approximate surface area is 103 Å². The van der Waals surface area contributed by atoms with Gasteiger partial charge < -0.3 is 10.1 Å². The molecular weight excluding hydrogens is 216 g/mol. The van der Waals surface area contributed by atoms with Gasteiger partial charge in [-0.1, -0.05) is 0 Å². The van der Waals surface area contributed by atoms with E-state index in [-0.39, 0.29) is 12.0 Å². The van der Waals surface area contributed by atoms with Crippen molar-refractivity contribution >= 4 is 5.97 Å². The minimum Gasteiger partial charge on any atom is -0.464 e. The molecule has 1 saturated carbocycles. The Morgan fingerprint density at radius 3 is 2.53 bits per heavy atom. The molecule has 17 heavy (non-hydrogen) atoms. The van der Waals surface area contributed by atoms with Crippen LogP contribution in [0.5, 0.6) is 0 Å². The van der Waals surface area contributed by atoms with Crippen molar-refractivity contribution in [1.82, 2.24) is 10.2 Å². The molecule has 1 unspecified atom stereocenters. The van der Waals surface area contributed by atoms with E-state index < -0.39 is 0 Å². The first-order valence-electron chi connectivity index (χ1n) is 6.97. The molecule has 4 heteroatoms. The zero-order valence-corrected chi connectivity index (χ0v) is 10.4. The fourth-order valence-corrected chi connectivity index (χ4v) is 3.09. The van der Waals surface area contributed by atoms with Crippen molar-refractivity contribution in [2.45, 2.75) is 44.2 Å². The van der Waals surface area contributed by atoms with Crippen molar-refractivity contribution in [3.63, 3.8) is 0 Å². The van der Waals surface area contributed by atoms with Gasteiger partial charge in [-0.3, -0.25) is 9.69 Å². The van der Waals surface area contributed by atoms with Gasteiger partial charge in [0.05, 0.1) is 6.61 Å². The fraction of sp³-hybridized carbons (Fsp3) is 0.923. The Balaban J connectivity index is 1.61. The molecule has 0 aromatic carbocycles. The van der Waals surface area contributed by atoms with E-state index in [1.807, 2.05) is 0 Å². The van der Waals surface area contributed by atoms with Crippen LogP contribution in [0.25, 0.3) is 0 Å². The molecule has 0 bridgehead atoms. The first kappa shape index (κ1) is 11.5. The van der Waals surface area contributed by atoms with Crippen LogP contribution in [0, 0.1) is 5.92 Å². The van der Waals surface area contributed by atoms with Gasteiger partial charge in [0, 0.05) is 19.0 Å². The molecule has 2 saturated heterocycles. The van der Waals surface area contributed by atoms with Crippen LogP contribution in [0.2, 0.25) is 0 Å². The summed E-state index contributed by atoms with van der Waals surface area (Å²) in [4.78, 5) is 14.2. The molecule has 0 spiro atoms. The number of rotatable bonds is 4. The summed E-state index contributed by atoms with van der Waals surface area (Å²) < 4.78 is 5.12. The summed E-state index contributed by atoms with van der Waals surface area (Å²) in [5, 5.41) is 3.40. The highest BCUT2D eigenvalue weighted by atomic mass is 16.5. The van der Waals surface area contributed by atoms with Gasteiger partial charge in [-0.2, -0.15) is 0 Å². The van der Waals surface area contributed by atoms with Crippen LogP contribution in [-0.4, -0.2) is 49.2 Å². The molecule has 0 amide bonds. The topological polar surface area (TPSA) is 41.6 Å². The molecule has 1 atom stereocenters. The summed E-state index contributed by atoms with van der Waals surface area (Å²) in [6, 6.07) is 0.734. The fourth-order valence-electron chi connectivity index (χ4n) is 3.09. The highest BCUT2D eigenvalue weighted by molar-refractivity contribution is 5.77. The van der Waals surface area contributed by atoms with Crippen molar-refractivity contribution in [1.29, 1.82) is 0 Å². The average molecular weight is 238 g/mol. The largest absolute Gasteiger partial charge is 0.464 e. The number of nitrogens with one attached hydrogen (secondary N) is 1. The zero-order chi connectivity index (χ0) is 11.7. The van der Waals surface area contributed by atoms with Crippen LogP contribution >= 0.6 is 0 Å². The van der Waals surface area contributed by atoms with Crippen molar-refractivity contribution < 1.29 is 9.53 Å². The number of hydrogen-bond acceptors (Lipinski definition) is 4. The number of hydrogen-bond donors (Lipinski definition) is 1. The second kappa shape index (κ2) is 4.94. The van der Waals surface area contributed by atoms with E-state index in [1.165, 1.54) is 25.7 Å². The lowest BCUT2D eigenvalue weighted by molar-refractivity contribution is -0.142. The van der Waals surface area contributed by atoms with Gasteiger partial charge in [0.1, 0.15) is 6.04 Å². The summed E-state index contributed by atoms with van der Waals surface area (Å²) >= 11 is 0. The Hall–Kier alpha value is -0.610. The molecule has 96 valence electrons. The quantitative estimate of drug-likeness (QED) is 0.734. The SMILES string of the molecule is O=C1OCCC1N(CC1CCNCC1)C1CC1. The normalized spacial score (nSPS) is 30.9. The van der Waals surface area contributed by atoms with Crippen molar-refractivity contribution in [3.05, 3.63) is 0 Å². The third-order valence-electron chi connectivity index (χ3n) is 4.25. The van der Waals surface area contributed by atoms with Crippen LogP contribution in [0.3, 0.4) is 0 Å². The Morgan fingerprint density at radius 2 is 1.94 bits per heavy atom. The van der Waals surface area contributed by atoms with E-state index >= 15 is 0 Å². The van der Waals surface area contributed by atoms with Gasteiger partial charge >= 0.3 is 5.97 Å². The van der Waals surface area contributed by atoms with Gasteiger partial charge in [-0.25, -0.2) is 0 Å². The lowest BCUT2D eigenvalue weighted by atomic mass is 9.96. The molecule has 0 aromatic rings. The molecule has 0 aromatic heterocycles. The van der Waals surface area contributed by atoms with Gasteiger partial charge in [0.2, 0.25) is 0 Å². The summed E-state index contributed by atoms with van der Waals surface area (Å²) in [5.74, 6) is 0.788. The second-order valence-electron chi connectivity index (χ2n) is 5.59. The molecule has 2 aliphatic heterocycles. The minimum absolute atomic E-state index is 0.0193. The molecule has 3 fully saturated rings. The predicted octanol–water partition coefficient (Wildman–Crippen LogP) is 0.766. The smallest absolute Gasteiger partial charge is 0.323 e. The maximum absolute atomic E-state index is 11.7. The van der Waals surface area contributed by atoms with Crippen molar-refractivity contribution in [2.24, 2.45) is 5.92 Å². The van der Waals surface area contributed by atoms with E-state index in [4.69, 9.17) is 4.74 Å². The molecule has 2 heterocycles. The van der Waals surface area contributed by atoms with E-state index in [0.717, 1.165) is 32.0 Å². The second-order valence-corrected chi connectivity index (χ2v) is 5.59. The number of nitrogens with zero attached hydrogens (tertiary/aromatic N) is 1. The zero-order valence-electron chi connectivity index (χ0n) is 10.4. The van der Waals surface area contributed by atoms with Gasteiger partial charge in [0.15, 0.2) is 0 Å². The molecule has 1 aliphatic carbocycles. The molecule has 3 aliphatic rings. The Kier molecular flexibility index (Phi) is 3.34. The Morgan fingerprint density at radius 1 is 1.18 bits per heavy atom. The van der Waals surface area contributed by atoms with Crippen LogP contribution in [0.15, 0.2) is 0 Å². The third kappa shape index (κ3) is 2.63. The van der Waals surface area contributed by atoms with E-state index in [9.17, 15) is 4.79 Å². The van der Waals surface area contributed by atoms with Gasteiger partial charge in [-0.15, -0.1) is 0 Å². The number of carbonyl (C=O) groups is 1. The summed E-state index contributed by atoms with van der Waals surface area (Å²) in [6.07, 6.45) is 5.96. The molecule has 1 N–H and O–H groups in total. The maximum Gasteiger partial charge on any atom is 0.323 e. The van der Waals surface area contributed by atoms with Crippen molar-refractivity contribution in [3.8, 4) is 0 Å². The lowest BCUT2D eigenvalue weighted by Crippen LogP contribution is -2.44. The third-order valence-corrected chi connectivity index (χ3v) is 4.25. The number of piperidine rings is 1. The molecule has 0 radical (unpaired) electrons. The highest BCUT2D eigenvalue weighted by Crippen LogP contribution is 2.33. The molecule has 3 rings (SSSR count). The predicted molar refractivity (Wildman–Crippen MR) is 64.7 cm³/mol. The van der Waals surface area contributed by atoms with Gasteiger partial charge in [0.25, 0.3) is 0 Å². The van der Waals surface area contributed by atoms with Crippen LogP contribution < -0.4 is 5.32 Å². The van der Waals surface area contributed by atoms with Crippen LogP contribution in [-0.2, 0) is 9.53 Å². The first-order valence-corrected chi connectivity index (χ1v) is 6.97. The number of ether oxygens (including phenoxy) is 1. The van der Waals surface area contributed by atoms with Crippen LogP contribution in [0.4, 0.5) is 0 Å². The maximum atomic E-state index is 11.7. The first-order chi connectivity index (χ1) is 8.34. The monoisotopic (exact) mass is 238 g/mol.